The Balaban J connectivity index is 1.61. The fourth-order valence-corrected chi connectivity index (χ4v) is 3.25. The zero-order valence-electron chi connectivity index (χ0n) is 14.9. The molecule has 2 atom stereocenters. The number of aliphatic hydroxyl groups excluding tert-OH is 1. The van der Waals surface area contributed by atoms with E-state index in [0.29, 0.717) is 19.1 Å². The number of aliphatic hydroxyl groups is 1. The van der Waals surface area contributed by atoms with E-state index in [4.69, 9.17) is 0 Å². The van der Waals surface area contributed by atoms with Crippen molar-refractivity contribution in [2.75, 3.05) is 39.3 Å². The van der Waals surface area contributed by atoms with Crippen molar-refractivity contribution in [2.24, 2.45) is 0 Å². The lowest BCUT2D eigenvalue weighted by atomic mass is 10.1. The first-order chi connectivity index (χ1) is 11.5. The van der Waals surface area contributed by atoms with Crippen molar-refractivity contribution in [3.05, 3.63) is 35.9 Å². The summed E-state index contributed by atoms with van der Waals surface area (Å²) in [4.78, 5) is 16.6. The van der Waals surface area contributed by atoms with E-state index in [9.17, 15) is 9.90 Å². The first kappa shape index (κ1) is 18.9. The molecule has 1 fully saturated rings. The van der Waals surface area contributed by atoms with E-state index in [1.54, 1.807) is 0 Å². The zero-order chi connectivity index (χ0) is 17.4. The molecule has 2 rings (SSSR count). The average Bonchev–Trinajstić information content (AvgIpc) is 2.55. The maximum atomic E-state index is 12.1. The van der Waals surface area contributed by atoms with Gasteiger partial charge in [-0.1, -0.05) is 30.3 Å². The zero-order valence-corrected chi connectivity index (χ0v) is 14.9. The number of aryl methyl sites for hydroxylation is 1. The molecule has 0 saturated carbocycles. The van der Waals surface area contributed by atoms with Crippen molar-refractivity contribution in [3.8, 4) is 0 Å². The summed E-state index contributed by atoms with van der Waals surface area (Å²) in [5, 5.41) is 12.5. The predicted molar refractivity (Wildman–Crippen MR) is 96.9 cm³/mol. The number of piperazine rings is 1. The van der Waals surface area contributed by atoms with Crippen LogP contribution in [0, 0.1) is 0 Å². The van der Waals surface area contributed by atoms with Crippen molar-refractivity contribution in [2.45, 2.75) is 38.8 Å². The van der Waals surface area contributed by atoms with Gasteiger partial charge in [-0.3, -0.25) is 14.6 Å². The summed E-state index contributed by atoms with van der Waals surface area (Å²) in [5.41, 5.74) is 1.31. The van der Waals surface area contributed by atoms with Gasteiger partial charge in [0.1, 0.15) is 0 Å². The van der Waals surface area contributed by atoms with Crippen molar-refractivity contribution in [3.63, 3.8) is 0 Å². The third-order valence-corrected chi connectivity index (χ3v) is 4.52. The summed E-state index contributed by atoms with van der Waals surface area (Å²) in [6, 6.07) is 10.7. The Labute approximate surface area is 145 Å². The molecule has 1 aliphatic heterocycles. The number of nitrogens with zero attached hydrogens (tertiary/aromatic N) is 2. The van der Waals surface area contributed by atoms with Crippen LogP contribution in [0.15, 0.2) is 30.3 Å². The number of nitrogens with one attached hydrogen (secondary N) is 1. The molecule has 5 nitrogen and oxygen atoms in total. The Hall–Kier alpha value is -1.43. The van der Waals surface area contributed by atoms with Crippen molar-refractivity contribution in [1.29, 1.82) is 0 Å². The van der Waals surface area contributed by atoms with Gasteiger partial charge in [0.25, 0.3) is 0 Å². The molecule has 0 aliphatic carbocycles. The molecule has 5 heteroatoms. The molecule has 134 valence electrons. The Morgan fingerprint density at radius 1 is 1.33 bits per heavy atom. The minimum absolute atomic E-state index is 0.110. The van der Waals surface area contributed by atoms with Crippen LogP contribution in [0.5, 0.6) is 0 Å². The van der Waals surface area contributed by atoms with Crippen molar-refractivity contribution in [1.82, 2.24) is 15.1 Å². The number of benzene rings is 1. The second-order valence-electron chi connectivity index (χ2n) is 6.87. The summed E-state index contributed by atoms with van der Waals surface area (Å²) in [6.45, 7) is 8.56. The van der Waals surface area contributed by atoms with Crippen molar-refractivity contribution >= 4 is 5.91 Å². The second kappa shape index (κ2) is 9.77. The number of rotatable bonds is 8. The third-order valence-electron chi connectivity index (χ3n) is 4.52. The highest BCUT2D eigenvalue weighted by molar-refractivity contribution is 5.78. The van der Waals surface area contributed by atoms with Gasteiger partial charge in [0.15, 0.2) is 0 Å². The van der Waals surface area contributed by atoms with E-state index in [1.165, 1.54) is 5.56 Å². The number of hydrogen-bond acceptors (Lipinski definition) is 4. The molecule has 24 heavy (non-hydrogen) atoms. The Kier molecular flexibility index (Phi) is 7.69. The van der Waals surface area contributed by atoms with Crippen LogP contribution < -0.4 is 5.32 Å². The maximum Gasteiger partial charge on any atom is 0.234 e. The van der Waals surface area contributed by atoms with E-state index >= 15 is 0 Å². The lowest BCUT2D eigenvalue weighted by Crippen LogP contribution is -2.55. The quantitative estimate of drug-likeness (QED) is 0.700. The molecular formula is C19H31N3O2. The van der Waals surface area contributed by atoms with Crippen LogP contribution in [0.2, 0.25) is 0 Å². The minimum Gasteiger partial charge on any atom is -0.392 e. The van der Waals surface area contributed by atoms with Gasteiger partial charge in [-0.15, -0.1) is 0 Å². The summed E-state index contributed by atoms with van der Waals surface area (Å²) >= 11 is 0. The van der Waals surface area contributed by atoms with E-state index in [1.807, 2.05) is 25.1 Å². The molecule has 1 amide bonds. The van der Waals surface area contributed by atoms with Crippen LogP contribution in [-0.4, -0.2) is 72.2 Å². The number of β-amino-alcohol motifs (C(OH)–C–C–N with tert-alkyl or cyclic N) is 1. The van der Waals surface area contributed by atoms with Crippen LogP contribution in [0.3, 0.4) is 0 Å². The van der Waals surface area contributed by atoms with Crippen LogP contribution >= 0.6 is 0 Å². The molecule has 1 saturated heterocycles. The standard InChI is InChI=1S/C19H31N3O2/c1-16-13-21(11-12-22(16)14-17(2)23)15-19(24)20-10-6-9-18-7-4-3-5-8-18/h3-5,7-8,16-17,23H,6,9-15H2,1-2H3,(H,20,24). The lowest BCUT2D eigenvalue weighted by molar-refractivity contribution is -0.123. The Morgan fingerprint density at radius 2 is 2.08 bits per heavy atom. The van der Waals surface area contributed by atoms with Gasteiger partial charge in [0.2, 0.25) is 5.91 Å². The van der Waals surface area contributed by atoms with Crippen LogP contribution in [-0.2, 0) is 11.2 Å². The fraction of sp³-hybridized carbons (Fsp3) is 0.632. The van der Waals surface area contributed by atoms with Gasteiger partial charge in [-0.25, -0.2) is 0 Å². The van der Waals surface area contributed by atoms with Gasteiger partial charge in [0.05, 0.1) is 12.6 Å². The molecule has 1 aromatic carbocycles. The lowest BCUT2D eigenvalue weighted by Gasteiger charge is -2.40. The summed E-state index contributed by atoms with van der Waals surface area (Å²) in [5.74, 6) is 0.110. The molecule has 1 aliphatic rings. The van der Waals surface area contributed by atoms with Crippen LogP contribution in [0.25, 0.3) is 0 Å². The molecule has 0 aromatic heterocycles. The topological polar surface area (TPSA) is 55.8 Å². The molecule has 0 radical (unpaired) electrons. The highest BCUT2D eigenvalue weighted by Crippen LogP contribution is 2.09. The highest BCUT2D eigenvalue weighted by atomic mass is 16.3. The molecule has 2 N–H and O–H groups in total. The van der Waals surface area contributed by atoms with Gasteiger partial charge < -0.3 is 10.4 Å². The van der Waals surface area contributed by atoms with Gasteiger partial charge in [-0.05, 0) is 32.3 Å². The normalized spacial score (nSPS) is 20.7. The van der Waals surface area contributed by atoms with Gasteiger partial charge >= 0.3 is 0 Å². The summed E-state index contributed by atoms with van der Waals surface area (Å²) in [6.07, 6.45) is 1.66. The molecule has 0 spiro atoms. The smallest absolute Gasteiger partial charge is 0.234 e. The largest absolute Gasteiger partial charge is 0.392 e. The highest BCUT2D eigenvalue weighted by Gasteiger charge is 2.25. The van der Waals surface area contributed by atoms with Crippen LogP contribution in [0.4, 0.5) is 0 Å². The second-order valence-corrected chi connectivity index (χ2v) is 6.87. The van der Waals surface area contributed by atoms with E-state index < -0.39 is 0 Å². The Morgan fingerprint density at radius 3 is 2.75 bits per heavy atom. The Bertz CT molecular complexity index is 493. The van der Waals surface area contributed by atoms with Gasteiger partial charge in [-0.2, -0.15) is 0 Å². The van der Waals surface area contributed by atoms with E-state index in [-0.39, 0.29) is 12.0 Å². The molecule has 0 bridgehead atoms. The molecule has 1 aromatic rings. The molecular weight excluding hydrogens is 302 g/mol. The third kappa shape index (κ3) is 6.59. The summed E-state index contributed by atoms with van der Waals surface area (Å²) in [7, 11) is 0. The molecule has 1 heterocycles. The first-order valence-electron chi connectivity index (χ1n) is 8.99. The van der Waals surface area contributed by atoms with E-state index in [0.717, 1.165) is 39.0 Å². The van der Waals surface area contributed by atoms with E-state index in [2.05, 4.69) is 34.2 Å². The first-order valence-corrected chi connectivity index (χ1v) is 8.99. The summed E-state index contributed by atoms with van der Waals surface area (Å²) < 4.78 is 0. The number of amides is 1. The minimum atomic E-state index is -0.299. The number of carbonyl (C=O) groups is 1. The predicted octanol–water partition coefficient (Wildman–Crippen LogP) is 1.12. The van der Waals surface area contributed by atoms with Crippen molar-refractivity contribution < 1.29 is 9.90 Å². The monoisotopic (exact) mass is 333 g/mol. The van der Waals surface area contributed by atoms with Crippen LogP contribution in [0.1, 0.15) is 25.8 Å². The fourth-order valence-electron chi connectivity index (χ4n) is 3.25. The molecule has 2 unspecified atom stereocenters. The maximum absolute atomic E-state index is 12.1. The number of hydrogen-bond donors (Lipinski definition) is 2. The number of carbonyl (C=O) groups excluding carboxylic acids is 1. The SMILES string of the molecule is CC(O)CN1CCN(CC(=O)NCCCc2ccccc2)CC1C. The van der Waals surface area contributed by atoms with Gasteiger partial charge in [0, 0.05) is 38.8 Å². The average molecular weight is 333 g/mol.